The van der Waals surface area contributed by atoms with Crippen LogP contribution in [0.1, 0.15) is 39.1 Å². The molecule has 1 aliphatic carbocycles. The fourth-order valence-electron chi connectivity index (χ4n) is 1.82. The van der Waals surface area contributed by atoms with Crippen molar-refractivity contribution in [2.24, 2.45) is 0 Å². The summed E-state index contributed by atoms with van der Waals surface area (Å²) in [6.45, 7) is 0. The standard InChI is InChI=1S/C10H9NO4/c12-7-3-1-2-5-6(7)4-11-9(13)8(5)10(14)15/h4H,1-3H2,(H,11,13)(H,14,15). The van der Waals surface area contributed by atoms with Gasteiger partial charge in [0, 0.05) is 18.2 Å². The second-order valence-electron chi connectivity index (χ2n) is 3.43. The number of carbonyl (C=O) groups excluding carboxylic acids is 1. The molecule has 1 aromatic rings. The van der Waals surface area contributed by atoms with E-state index in [1.165, 1.54) is 6.20 Å². The van der Waals surface area contributed by atoms with Crippen LogP contribution < -0.4 is 0 Å². The number of carboxylic acid groups (broad SMARTS) is 1. The number of ketones is 1. The Balaban J connectivity index is 2.68. The first kappa shape index (κ1) is 9.64. The van der Waals surface area contributed by atoms with Gasteiger partial charge in [0.15, 0.2) is 5.78 Å². The number of hydrogen-bond donors (Lipinski definition) is 2. The van der Waals surface area contributed by atoms with Crippen molar-refractivity contribution in [3.63, 3.8) is 0 Å². The normalized spacial score (nSPS) is 14.8. The largest absolute Gasteiger partial charge is 0.493 e. The van der Waals surface area contributed by atoms with Crippen LogP contribution in [0.15, 0.2) is 6.20 Å². The zero-order chi connectivity index (χ0) is 11.0. The Bertz CT molecular complexity index is 453. The molecule has 0 aliphatic heterocycles. The Labute approximate surface area is 85.4 Å². The second kappa shape index (κ2) is 3.34. The highest BCUT2D eigenvalue weighted by atomic mass is 16.4. The fraction of sp³-hybridized carbons (Fsp3) is 0.300. The number of aromatic hydroxyl groups is 1. The maximum absolute atomic E-state index is 11.5. The van der Waals surface area contributed by atoms with E-state index in [1.54, 1.807) is 0 Å². The molecule has 1 aromatic heterocycles. The maximum Gasteiger partial charge on any atom is 0.341 e. The molecule has 0 aromatic carbocycles. The van der Waals surface area contributed by atoms with Gasteiger partial charge in [-0.05, 0) is 18.4 Å². The molecule has 1 heterocycles. The van der Waals surface area contributed by atoms with Crippen LogP contribution in [0.3, 0.4) is 0 Å². The third kappa shape index (κ3) is 1.45. The first-order valence-corrected chi connectivity index (χ1v) is 4.58. The SMILES string of the molecule is O=C1CCCc2c1cnc(O)c2C(=O)O. The number of hydrogen-bond acceptors (Lipinski definition) is 4. The maximum atomic E-state index is 11.5. The van der Waals surface area contributed by atoms with Gasteiger partial charge in [-0.15, -0.1) is 0 Å². The lowest BCUT2D eigenvalue weighted by atomic mass is 9.89. The molecule has 0 saturated carbocycles. The van der Waals surface area contributed by atoms with E-state index < -0.39 is 11.8 Å². The minimum Gasteiger partial charge on any atom is -0.493 e. The van der Waals surface area contributed by atoms with Crippen molar-refractivity contribution < 1.29 is 19.8 Å². The van der Waals surface area contributed by atoms with E-state index in [-0.39, 0.29) is 11.3 Å². The smallest absolute Gasteiger partial charge is 0.341 e. The van der Waals surface area contributed by atoms with Gasteiger partial charge in [0.25, 0.3) is 0 Å². The quantitative estimate of drug-likeness (QED) is 0.717. The predicted molar refractivity (Wildman–Crippen MR) is 50.1 cm³/mol. The summed E-state index contributed by atoms with van der Waals surface area (Å²) in [5.74, 6) is -1.87. The Hall–Kier alpha value is -1.91. The van der Waals surface area contributed by atoms with Crippen molar-refractivity contribution in [2.45, 2.75) is 19.3 Å². The molecule has 0 unspecified atom stereocenters. The summed E-state index contributed by atoms with van der Waals surface area (Å²) in [5.41, 5.74) is 0.503. The first-order chi connectivity index (χ1) is 7.11. The summed E-state index contributed by atoms with van der Waals surface area (Å²) in [5, 5.41) is 18.2. The predicted octanol–water partition coefficient (Wildman–Crippen LogP) is 1.00. The highest BCUT2D eigenvalue weighted by Crippen LogP contribution is 2.28. The van der Waals surface area contributed by atoms with Crippen LogP contribution in [0.25, 0.3) is 0 Å². The van der Waals surface area contributed by atoms with E-state index in [0.717, 1.165) is 0 Å². The number of nitrogens with zero attached hydrogens (tertiary/aromatic N) is 1. The summed E-state index contributed by atoms with van der Waals surface area (Å²) < 4.78 is 0. The molecule has 0 atom stereocenters. The molecule has 0 fully saturated rings. The van der Waals surface area contributed by atoms with Crippen molar-refractivity contribution in [3.8, 4) is 5.88 Å². The van der Waals surface area contributed by atoms with E-state index in [4.69, 9.17) is 5.11 Å². The summed E-state index contributed by atoms with van der Waals surface area (Å²) in [6.07, 6.45) is 2.78. The molecule has 5 nitrogen and oxygen atoms in total. The lowest BCUT2D eigenvalue weighted by Gasteiger charge is -2.16. The molecule has 5 heteroatoms. The third-order valence-electron chi connectivity index (χ3n) is 2.51. The third-order valence-corrected chi connectivity index (χ3v) is 2.51. The minimum atomic E-state index is -1.24. The topological polar surface area (TPSA) is 87.5 Å². The van der Waals surface area contributed by atoms with Crippen molar-refractivity contribution in [3.05, 3.63) is 22.9 Å². The van der Waals surface area contributed by atoms with E-state index in [0.29, 0.717) is 30.4 Å². The van der Waals surface area contributed by atoms with Crippen LogP contribution in [0.4, 0.5) is 0 Å². The molecular weight excluding hydrogens is 198 g/mol. The van der Waals surface area contributed by atoms with E-state index >= 15 is 0 Å². The lowest BCUT2D eigenvalue weighted by molar-refractivity contribution is 0.0691. The second-order valence-corrected chi connectivity index (χ2v) is 3.43. The van der Waals surface area contributed by atoms with Crippen LogP contribution in [-0.4, -0.2) is 26.9 Å². The van der Waals surface area contributed by atoms with E-state index in [2.05, 4.69) is 4.98 Å². The Morgan fingerprint density at radius 2 is 2.13 bits per heavy atom. The van der Waals surface area contributed by atoms with Gasteiger partial charge in [-0.1, -0.05) is 0 Å². The van der Waals surface area contributed by atoms with Crippen molar-refractivity contribution in [1.82, 2.24) is 4.98 Å². The van der Waals surface area contributed by atoms with Gasteiger partial charge in [0.1, 0.15) is 5.56 Å². The Morgan fingerprint density at radius 1 is 1.40 bits per heavy atom. The van der Waals surface area contributed by atoms with Crippen molar-refractivity contribution in [2.75, 3.05) is 0 Å². The Morgan fingerprint density at radius 3 is 2.80 bits per heavy atom. The van der Waals surface area contributed by atoms with Gasteiger partial charge in [0.2, 0.25) is 5.88 Å². The summed E-state index contributed by atoms with van der Waals surface area (Å²) in [4.78, 5) is 25.9. The molecule has 15 heavy (non-hydrogen) atoms. The molecule has 1 aliphatic rings. The minimum absolute atomic E-state index is 0.105. The summed E-state index contributed by atoms with van der Waals surface area (Å²) in [6, 6.07) is 0. The molecule has 78 valence electrons. The highest BCUT2D eigenvalue weighted by molar-refractivity contribution is 6.02. The van der Waals surface area contributed by atoms with Gasteiger partial charge in [-0.25, -0.2) is 9.78 Å². The van der Waals surface area contributed by atoms with Crippen LogP contribution in [0, 0.1) is 0 Å². The molecule has 0 spiro atoms. The van der Waals surface area contributed by atoms with Crippen LogP contribution in [0.2, 0.25) is 0 Å². The van der Waals surface area contributed by atoms with Crippen LogP contribution >= 0.6 is 0 Å². The lowest BCUT2D eigenvalue weighted by Crippen LogP contribution is -2.16. The van der Waals surface area contributed by atoms with Crippen molar-refractivity contribution >= 4 is 11.8 Å². The van der Waals surface area contributed by atoms with E-state index in [1.807, 2.05) is 0 Å². The Kier molecular flexibility index (Phi) is 2.15. The number of Topliss-reactive ketones (excluding diaryl/α,β-unsaturated/α-hetero) is 1. The average molecular weight is 207 g/mol. The number of rotatable bonds is 1. The molecule has 2 rings (SSSR count). The molecule has 2 N–H and O–H groups in total. The number of aromatic carboxylic acids is 1. The zero-order valence-electron chi connectivity index (χ0n) is 7.86. The number of pyridine rings is 1. The van der Waals surface area contributed by atoms with Crippen LogP contribution in [0.5, 0.6) is 5.88 Å². The average Bonchev–Trinajstić information content (AvgIpc) is 2.17. The fourth-order valence-corrected chi connectivity index (χ4v) is 1.82. The number of carbonyl (C=O) groups is 2. The molecular formula is C10H9NO4. The zero-order valence-corrected chi connectivity index (χ0v) is 7.86. The van der Waals surface area contributed by atoms with Gasteiger partial charge >= 0.3 is 5.97 Å². The van der Waals surface area contributed by atoms with Crippen molar-refractivity contribution in [1.29, 1.82) is 0 Å². The number of carboxylic acids is 1. The number of aromatic nitrogens is 1. The molecule has 0 amide bonds. The molecule has 0 bridgehead atoms. The monoisotopic (exact) mass is 207 g/mol. The van der Waals surface area contributed by atoms with Gasteiger partial charge in [0.05, 0.1) is 0 Å². The van der Waals surface area contributed by atoms with Gasteiger partial charge in [-0.3, -0.25) is 4.79 Å². The number of fused-ring (bicyclic) bond motifs is 1. The summed E-state index contributed by atoms with van der Waals surface area (Å²) >= 11 is 0. The molecule has 0 radical (unpaired) electrons. The van der Waals surface area contributed by atoms with Gasteiger partial charge < -0.3 is 10.2 Å². The van der Waals surface area contributed by atoms with Gasteiger partial charge in [-0.2, -0.15) is 0 Å². The first-order valence-electron chi connectivity index (χ1n) is 4.58. The summed E-state index contributed by atoms with van der Waals surface area (Å²) in [7, 11) is 0. The highest BCUT2D eigenvalue weighted by Gasteiger charge is 2.26. The van der Waals surface area contributed by atoms with E-state index in [9.17, 15) is 14.7 Å². The molecule has 0 saturated heterocycles. The van der Waals surface area contributed by atoms with Crippen LogP contribution in [-0.2, 0) is 6.42 Å².